The van der Waals surface area contributed by atoms with Crippen molar-refractivity contribution < 1.29 is 30.0 Å². The van der Waals surface area contributed by atoms with Gasteiger partial charge in [-0.1, -0.05) is 109 Å². The van der Waals surface area contributed by atoms with Crippen molar-refractivity contribution in [1.82, 2.24) is 4.98 Å². The first kappa shape index (κ1) is 36.4. The molecular formula is C41H50IrNO2-. The quantitative estimate of drug-likeness (QED) is 0.105. The summed E-state index contributed by atoms with van der Waals surface area (Å²) in [5.41, 5.74) is 8.46. The second-order valence-electron chi connectivity index (χ2n) is 13.1. The summed E-state index contributed by atoms with van der Waals surface area (Å²) in [7, 11) is 0. The molecule has 3 nitrogen and oxygen atoms in total. The van der Waals surface area contributed by atoms with E-state index in [2.05, 4.69) is 80.6 Å². The Morgan fingerprint density at radius 1 is 0.889 bits per heavy atom. The van der Waals surface area contributed by atoms with Crippen LogP contribution in [0.1, 0.15) is 104 Å². The number of hydrogen-bond acceptors (Lipinski definition) is 3. The summed E-state index contributed by atoms with van der Waals surface area (Å²) in [4.78, 5) is 17.0. The topological polar surface area (TPSA) is 50.2 Å². The molecule has 1 heterocycles. The zero-order valence-electron chi connectivity index (χ0n) is 28.4. The number of allylic oxidation sites excluding steroid dienone is 2. The molecule has 1 aromatic heterocycles. The number of pyridine rings is 1. The van der Waals surface area contributed by atoms with Gasteiger partial charge < -0.3 is 5.11 Å². The fourth-order valence-corrected chi connectivity index (χ4v) is 6.04. The largest absolute Gasteiger partial charge is 0.512 e. The molecule has 0 saturated heterocycles. The minimum absolute atomic E-state index is 0. The monoisotopic (exact) mass is 781 g/mol. The molecule has 1 radical (unpaired) electrons. The van der Waals surface area contributed by atoms with Crippen molar-refractivity contribution >= 4 is 16.6 Å². The molecule has 0 spiro atoms. The van der Waals surface area contributed by atoms with E-state index in [9.17, 15) is 9.90 Å². The van der Waals surface area contributed by atoms with Crippen LogP contribution in [-0.2, 0) is 37.7 Å². The van der Waals surface area contributed by atoms with Gasteiger partial charge in [0.2, 0.25) is 0 Å². The van der Waals surface area contributed by atoms with E-state index < -0.39 is 0 Å². The molecule has 0 aliphatic heterocycles. The molecule has 0 unspecified atom stereocenters. The van der Waals surface area contributed by atoms with Gasteiger partial charge in [0.25, 0.3) is 0 Å². The maximum absolute atomic E-state index is 12.2. The van der Waals surface area contributed by atoms with Gasteiger partial charge in [0.1, 0.15) is 5.76 Å². The van der Waals surface area contributed by atoms with Gasteiger partial charge in [0, 0.05) is 48.9 Å². The molecule has 0 bridgehead atoms. The van der Waals surface area contributed by atoms with Crippen LogP contribution in [0.25, 0.3) is 33.2 Å². The van der Waals surface area contributed by atoms with Crippen LogP contribution >= 0.6 is 0 Å². The van der Waals surface area contributed by atoms with Crippen LogP contribution in [0.3, 0.4) is 0 Å². The van der Waals surface area contributed by atoms with Gasteiger partial charge in [-0.25, -0.2) is 0 Å². The molecule has 0 saturated carbocycles. The molecule has 5 rings (SSSR count). The van der Waals surface area contributed by atoms with Gasteiger partial charge in [-0.05, 0) is 72.8 Å². The first-order valence-electron chi connectivity index (χ1n) is 16.5. The molecule has 0 fully saturated rings. The second-order valence-corrected chi connectivity index (χ2v) is 13.1. The molecule has 4 aromatic rings. The van der Waals surface area contributed by atoms with Crippen LogP contribution < -0.4 is 0 Å². The van der Waals surface area contributed by atoms with Crippen LogP contribution in [0.4, 0.5) is 0 Å². The summed E-state index contributed by atoms with van der Waals surface area (Å²) < 4.78 is 0. The van der Waals surface area contributed by atoms with Crippen LogP contribution in [0, 0.1) is 16.9 Å². The Balaban J connectivity index is 0.000000270. The molecular weight excluding hydrogens is 731 g/mol. The van der Waals surface area contributed by atoms with E-state index >= 15 is 0 Å². The van der Waals surface area contributed by atoms with Gasteiger partial charge in [-0.3, -0.25) is 9.78 Å². The van der Waals surface area contributed by atoms with Crippen molar-refractivity contribution in [2.75, 3.05) is 0 Å². The maximum Gasteiger partial charge on any atom is 0.164 e. The number of benzene rings is 3. The van der Waals surface area contributed by atoms with E-state index in [-0.39, 0.29) is 42.5 Å². The molecule has 0 amide bonds. The predicted octanol–water partition coefficient (Wildman–Crippen LogP) is 11.2. The van der Waals surface area contributed by atoms with Gasteiger partial charge in [0.15, 0.2) is 5.78 Å². The van der Waals surface area contributed by atoms with Crippen LogP contribution in [0.5, 0.6) is 0 Å². The number of aliphatic hydroxyl groups excluding tert-OH is 1. The number of carbonyl (C=O) groups excluding carboxylic acids is 1. The van der Waals surface area contributed by atoms with Gasteiger partial charge in [-0.2, -0.15) is 0 Å². The van der Waals surface area contributed by atoms with Crippen molar-refractivity contribution in [1.29, 1.82) is 0 Å². The average molecular weight is 781 g/mol. The third-order valence-corrected chi connectivity index (χ3v) is 10.3. The number of aliphatic hydroxyl groups is 1. The van der Waals surface area contributed by atoms with Crippen LogP contribution in [-0.4, -0.2) is 15.9 Å². The summed E-state index contributed by atoms with van der Waals surface area (Å²) in [5.74, 6) is 0.747. The Morgan fingerprint density at radius 2 is 1.51 bits per heavy atom. The van der Waals surface area contributed by atoms with E-state index in [1.807, 2.05) is 47.7 Å². The van der Waals surface area contributed by atoms with E-state index in [1.54, 1.807) is 0 Å². The molecule has 1 N–H and O–H groups in total. The summed E-state index contributed by atoms with van der Waals surface area (Å²) in [6, 6.07) is 25.4. The number of fused-ring (bicyclic) bond motifs is 4. The smallest absolute Gasteiger partial charge is 0.164 e. The van der Waals surface area contributed by atoms with Crippen molar-refractivity contribution in [3.8, 4) is 22.4 Å². The molecule has 3 aromatic carbocycles. The van der Waals surface area contributed by atoms with E-state index in [4.69, 9.17) is 4.98 Å². The van der Waals surface area contributed by atoms with E-state index in [1.165, 1.54) is 44.7 Å². The van der Waals surface area contributed by atoms with E-state index in [0.29, 0.717) is 5.92 Å². The molecule has 45 heavy (non-hydrogen) atoms. The standard InChI is InChI=1S/C26H22N.C15H28O2.Ir/c1-17(2)25-16-20(15-19-8-4-6-10-22(19)25)26-24-12-11-18-7-3-5-9-21(18)23(24)13-14-27-26;1-7-14(5,8-2)12(16)11-13(17)15(6,9-3)10-4;/h3-10,13-14,16-17H,11-12H2,1-2H3;11,16H,7-10H2,1-6H3;/q-1;;/b;12-11-;. The Kier molecular flexibility index (Phi) is 12.5. The molecule has 1 aliphatic carbocycles. The number of nitrogens with zero attached hydrogens (tertiary/aromatic N) is 1. The summed E-state index contributed by atoms with van der Waals surface area (Å²) >= 11 is 0. The number of ketones is 1. The van der Waals surface area contributed by atoms with Gasteiger partial charge in [-0.15, -0.1) is 29.1 Å². The fourth-order valence-electron chi connectivity index (χ4n) is 6.04. The zero-order valence-corrected chi connectivity index (χ0v) is 30.8. The molecule has 241 valence electrons. The second kappa shape index (κ2) is 15.5. The van der Waals surface area contributed by atoms with Crippen molar-refractivity contribution in [2.24, 2.45) is 10.8 Å². The van der Waals surface area contributed by atoms with Crippen LogP contribution in [0.2, 0.25) is 0 Å². The van der Waals surface area contributed by atoms with Gasteiger partial charge >= 0.3 is 0 Å². The minimum atomic E-state index is -0.337. The van der Waals surface area contributed by atoms with Gasteiger partial charge in [0.05, 0.1) is 0 Å². The Bertz CT molecular complexity index is 1640. The van der Waals surface area contributed by atoms with Crippen LogP contribution in [0.15, 0.2) is 78.7 Å². The SMILES string of the molecule is CC(C)c1cc(-c2nccc3c2CCc2ccccc2-3)[c-]c2ccccc12.CCC(C)(CC)C(=O)/C=C(\O)C(C)(CC)CC.[Ir]. The fraction of sp³-hybridized carbons (Fsp3) is 0.415. The van der Waals surface area contributed by atoms with Crippen molar-refractivity contribution in [3.05, 3.63) is 101 Å². The first-order chi connectivity index (χ1) is 21.0. The number of carbonyl (C=O) groups is 1. The maximum atomic E-state index is 12.2. The predicted molar refractivity (Wildman–Crippen MR) is 186 cm³/mol. The molecule has 4 heteroatoms. The first-order valence-corrected chi connectivity index (χ1v) is 16.5. The zero-order chi connectivity index (χ0) is 32.1. The number of aryl methyl sites for hydroxylation is 1. The Morgan fingerprint density at radius 3 is 2.16 bits per heavy atom. The Labute approximate surface area is 284 Å². The van der Waals surface area contributed by atoms with E-state index in [0.717, 1.165) is 49.8 Å². The van der Waals surface area contributed by atoms with Crippen molar-refractivity contribution in [3.63, 3.8) is 0 Å². The molecule has 0 atom stereocenters. The number of aromatic nitrogens is 1. The average Bonchev–Trinajstić information content (AvgIpc) is 3.06. The van der Waals surface area contributed by atoms with Crippen molar-refractivity contribution in [2.45, 2.75) is 99.8 Å². The normalized spacial score (nSPS) is 13.0. The summed E-state index contributed by atoms with van der Waals surface area (Å²) in [5, 5.41) is 12.6. The molecule has 1 aliphatic rings. The number of rotatable bonds is 9. The minimum Gasteiger partial charge on any atom is -0.512 e. The Hall–Kier alpha value is -3.07. The summed E-state index contributed by atoms with van der Waals surface area (Å²) in [6.45, 7) is 16.6. The third kappa shape index (κ3) is 7.67. The summed E-state index contributed by atoms with van der Waals surface area (Å²) in [6.07, 6.45) is 8.82. The number of hydrogen-bond donors (Lipinski definition) is 1. The third-order valence-electron chi connectivity index (χ3n) is 10.3.